The third-order valence-electron chi connectivity index (χ3n) is 2.91. The summed E-state index contributed by atoms with van der Waals surface area (Å²) in [6.07, 6.45) is 9.94. The zero-order valence-corrected chi connectivity index (χ0v) is 9.96. The van der Waals surface area contributed by atoms with Crippen LogP contribution in [0.25, 0.3) is 0 Å². The van der Waals surface area contributed by atoms with Gasteiger partial charge in [-0.1, -0.05) is 0 Å². The van der Waals surface area contributed by atoms with Crippen LogP contribution in [0.1, 0.15) is 0 Å². The zero-order valence-electron chi connectivity index (χ0n) is 8.96. The molecule has 0 spiro atoms. The van der Waals surface area contributed by atoms with Crippen molar-refractivity contribution in [2.75, 3.05) is 0 Å². The van der Waals surface area contributed by atoms with E-state index in [0.29, 0.717) is 0 Å². The lowest BCUT2D eigenvalue weighted by Crippen LogP contribution is -2.69. The van der Waals surface area contributed by atoms with Crippen LogP contribution in [0.5, 0.6) is 0 Å². The highest BCUT2D eigenvalue weighted by Crippen LogP contribution is 2.25. The molecule has 3 rings (SSSR count). The highest BCUT2D eigenvalue weighted by Gasteiger charge is 2.54. The van der Waals surface area contributed by atoms with E-state index in [1.54, 1.807) is 37.3 Å². The lowest BCUT2D eigenvalue weighted by atomic mass is 10.9. The first-order chi connectivity index (χ1) is 8.32. The molecule has 0 aliphatic carbocycles. The van der Waals surface area contributed by atoms with Crippen molar-refractivity contribution in [2.24, 2.45) is 35.4 Å². The van der Waals surface area contributed by atoms with Crippen LogP contribution >= 0.6 is 0 Å². The Morgan fingerprint density at radius 1 is 0.588 bits per heavy atom. The SMILES string of the molecule is N[Si](C1N=CC=N1)(C1N=CC=N1)C1N=CC=N1. The van der Waals surface area contributed by atoms with E-state index >= 15 is 0 Å². The topological polar surface area (TPSA) is 100 Å². The van der Waals surface area contributed by atoms with Crippen LogP contribution in [0.15, 0.2) is 30.0 Å². The molecule has 86 valence electrons. The van der Waals surface area contributed by atoms with Gasteiger partial charge in [0.15, 0.2) is 17.4 Å². The smallest absolute Gasteiger partial charge is 0.277 e. The van der Waals surface area contributed by atoms with Crippen LogP contribution < -0.4 is 5.40 Å². The van der Waals surface area contributed by atoms with Crippen molar-refractivity contribution < 1.29 is 0 Å². The Bertz CT molecular complexity index is 384. The summed E-state index contributed by atoms with van der Waals surface area (Å²) in [7, 11) is -2.64. The molecule has 17 heavy (non-hydrogen) atoms. The number of nitrogens with zero attached hydrogens (tertiary/aromatic N) is 6. The molecule has 7 nitrogen and oxygen atoms in total. The molecular weight excluding hydrogens is 234 g/mol. The quantitative estimate of drug-likeness (QED) is 0.630. The lowest BCUT2D eigenvalue weighted by Gasteiger charge is -2.32. The van der Waals surface area contributed by atoms with E-state index in [1.165, 1.54) is 0 Å². The van der Waals surface area contributed by atoms with Gasteiger partial charge >= 0.3 is 0 Å². The fraction of sp³-hybridized carbons (Fsp3) is 0.333. The molecular formula is C9H11N7Si. The molecule has 0 aromatic carbocycles. The Morgan fingerprint density at radius 3 is 1.06 bits per heavy atom. The minimum absolute atomic E-state index is 0.308. The molecule has 0 saturated heterocycles. The van der Waals surface area contributed by atoms with Crippen molar-refractivity contribution >= 4 is 45.5 Å². The highest BCUT2D eigenvalue weighted by molar-refractivity contribution is 6.82. The minimum Gasteiger partial charge on any atom is -0.342 e. The summed E-state index contributed by atoms with van der Waals surface area (Å²) in [5.41, 5.74) is 0. The average molecular weight is 245 g/mol. The number of hydrogen-bond donors (Lipinski definition) is 1. The second kappa shape index (κ2) is 3.89. The number of aliphatic imine (C=N–C) groups is 6. The first-order valence-corrected chi connectivity index (χ1v) is 7.56. The summed E-state index contributed by atoms with van der Waals surface area (Å²) in [5.74, 6) is -0.924. The van der Waals surface area contributed by atoms with Crippen LogP contribution in [-0.2, 0) is 0 Å². The van der Waals surface area contributed by atoms with E-state index in [1.807, 2.05) is 0 Å². The molecule has 3 heterocycles. The Labute approximate surface area is 98.8 Å². The van der Waals surface area contributed by atoms with E-state index in [4.69, 9.17) is 5.40 Å². The Morgan fingerprint density at radius 2 is 0.824 bits per heavy atom. The maximum Gasteiger partial charge on any atom is 0.277 e. The average Bonchev–Trinajstić information content (AvgIpc) is 3.10. The van der Waals surface area contributed by atoms with Crippen molar-refractivity contribution in [1.29, 1.82) is 0 Å². The largest absolute Gasteiger partial charge is 0.342 e. The number of rotatable bonds is 3. The third kappa shape index (κ3) is 1.53. The van der Waals surface area contributed by atoms with E-state index < -0.39 is 8.24 Å². The predicted octanol–water partition coefficient (Wildman–Crippen LogP) is -1.05. The van der Waals surface area contributed by atoms with E-state index in [-0.39, 0.29) is 17.4 Å². The maximum absolute atomic E-state index is 6.57. The van der Waals surface area contributed by atoms with E-state index in [2.05, 4.69) is 30.0 Å². The summed E-state index contributed by atoms with van der Waals surface area (Å²) in [6.45, 7) is 0. The molecule has 3 aliphatic heterocycles. The van der Waals surface area contributed by atoms with Crippen molar-refractivity contribution in [2.45, 2.75) is 17.4 Å². The summed E-state index contributed by atoms with van der Waals surface area (Å²) < 4.78 is 0. The van der Waals surface area contributed by atoms with Crippen LogP contribution in [0.4, 0.5) is 0 Å². The fourth-order valence-electron chi connectivity index (χ4n) is 2.01. The van der Waals surface area contributed by atoms with Crippen molar-refractivity contribution in [1.82, 2.24) is 0 Å². The summed E-state index contributed by atoms with van der Waals surface area (Å²) >= 11 is 0. The first kappa shape index (κ1) is 10.4. The first-order valence-electron chi connectivity index (χ1n) is 5.25. The second-order valence-electron chi connectivity index (χ2n) is 3.91. The highest BCUT2D eigenvalue weighted by atomic mass is 28.3. The fourth-order valence-corrected chi connectivity index (χ4v) is 4.88. The molecule has 0 amide bonds. The number of hydrogen-bond acceptors (Lipinski definition) is 7. The third-order valence-corrected chi connectivity index (χ3v) is 6.48. The molecule has 0 atom stereocenters. The molecule has 0 bridgehead atoms. The number of nitrogens with two attached hydrogens (primary N) is 1. The van der Waals surface area contributed by atoms with Crippen LogP contribution in [0, 0.1) is 0 Å². The molecule has 8 heteroatoms. The monoisotopic (exact) mass is 245 g/mol. The van der Waals surface area contributed by atoms with Gasteiger partial charge < -0.3 is 5.40 Å². The van der Waals surface area contributed by atoms with Gasteiger partial charge in [0.25, 0.3) is 8.24 Å². The summed E-state index contributed by atoms with van der Waals surface area (Å²) in [4.78, 5) is 25.7. The van der Waals surface area contributed by atoms with Crippen LogP contribution in [-0.4, -0.2) is 62.9 Å². The second-order valence-corrected chi connectivity index (χ2v) is 7.46. The van der Waals surface area contributed by atoms with Crippen molar-refractivity contribution in [3.05, 3.63) is 0 Å². The van der Waals surface area contributed by atoms with Crippen LogP contribution in [0.3, 0.4) is 0 Å². The van der Waals surface area contributed by atoms with Gasteiger partial charge in [-0.25, -0.2) is 0 Å². The summed E-state index contributed by atoms with van der Waals surface area (Å²) in [5, 5.41) is 6.57. The molecule has 0 aromatic heterocycles. The Balaban J connectivity index is 1.99. The van der Waals surface area contributed by atoms with Crippen molar-refractivity contribution in [3.63, 3.8) is 0 Å². The van der Waals surface area contributed by atoms with Gasteiger partial charge in [0.05, 0.1) is 0 Å². The molecule has 0 aromatic rings. The lowest BCUT2D eigenvalue weighted by molar-refractivity contribution is 0.764. The molecule has 0 unspecified atom stereocenters. The maximum atomic E-state index is 6.57. The Hall–Kier alpha value is -1.80. The Kier molecular flexibility index (Phi) is 2.37. The minimum atomic E-state index is -2.64. The predicted molar refractivity (Wildman–Crippen MR) is 72.3 cm³/mol. The van der Waals surface area contributed by atoms with Gasteiger partial charge in [-0.3, -0.25) is 30.0 Å². The normalized spacial score (nSPS) is 23.8. The molecule has 3 aliphatic rings. The molecule has 2 N–H and O–H groups in total. The standard InChI is InChI=1S/C9H11N7Si/c10-17(7-11-1-2-12-7,8-13-3-4-14-8)9-15-5-6-16-9/h1-9H,10H2. The summed E-state index contributed by atoms with van der Waals surface area (Å²) in [6, 6.07) is 0. The molecule has 0 radical (unpaired) electrons. The van der Waals surface area contributed by atoms with Crippen molar-refractivity contribution in [3.8, 4) is 0 Å². The van der Waals surface area contributed by atoms with Crippen LogP contribution in [0.2, 0.25) is 0 Å². The zero-order chi connectivity index (χ0) is 11.7. The van der Waals surface area contributed by atoms with Gasteiger partial charge in [-0.2, -0.15) is 0 Å². The van der Waals surface area contributed by atoms with Gasteiger partial charge in [0.2, 0.25) is 0 Å². The molecule has 0 saturated carbocycles. The van der Waals surface area contributed by atoms with Gasteiger partial charge in [-0.05, 0) is 0 Å². The molecule has 0 fully saturated rings. The van der Waals surface area contributed by atoms with Gasteiger partial charge in [-0.15, -0.1) is 0 Å². The van der Waals surface area contributed by atoms with Gasteiger partial charge in [0, 0.05) is 37.3 Å². The van der Waals surface area contributed by atoms with Gasteiger partial charge in [0.1, 0.15) is 0 Å². The van der Waals surface area contributed by atoms with E-state index in [0.717, 1.165) is 0 Å². The van der Waals surface area contributed by atoms with E-state index in [9.17, 15) is 0 Å².